The van der Waals surface area contributed by atoms with E-state index in [-0.39, 0.29) is 0 Å². The van der Waals surface area contributed by atoms with Crippen molar-refractivity contribution in [1.29, 1.82) is 0 Å². The molecule has 0 atom stereocenters. The average Bonchev–Trinajstić information content (AvgIpc) is 1.54. The maximum absolute atomic E-state index is 6.76. The van der Waals surface area contributed by atoms with Gasteiger partial charge >= 0.3 is 0 Å². The molecule has 0 saturated heterocycles. The maximum Gasteiger partial charge on any atom is 0.164 e. The van der Waals surface area contributed by atoms with Crippen LogP contribution in [-0.4, -0.2) is 34.1 Å². The standard InChI is InChI=1S/C44H27N3O.C43H26N4O/c1-3-14-28(15-4-1)36-27-37(29-16-5-2-6-17-29)46-44(45-36)30-18-13-19-31(26-30)47-38-24-11-9-22-34(38)40-32-20-7-8-21-33(32)41-35-23-10-12-25-39(35)48-43(41)42(40)47;1-3-14-27(15-4-1)41-44-42(28-16-5-2-6-17-28)46-43(45-41)29-18-13-19-30(26-29)47-35-24-11-9-22-33(35)37-31-20-7-8-21-32(31)38-34-23-10-12-25-36(34)48-40(38)39(37)47/h1-27H;1-26H. The Labute approximate surface area is 549 Å². The van der Waals surface area contributed by atoms with E-state index >= 15 is 0 Å². The fourth-order valence-electron chi connectivity index (χ4n) is 14.4. The van der Waals surface area contributed by atoms with Gasteiger partial charge in [0.1, 0.15) is 11.2 Å². The smallest absolute Gasteiger partial charge is 0.164 e. The van der Waals surface area contributed by atoms with Crippen LogP contribution in [0.1, 0.15) is 0 Å². The number of hydrogen-bond acceptors (Lipinski definition) is 7. The SMILES string of the molecule is c1ccc(-c2cc(-c3ccccc3)nc(-c3cccc(-n4c5ccccc5c5c6ccccc6c6c7ccccc7oc6c54)c3)n2)cc1.c1ccc(-c2nc(-c3ccccc3)nc(-c3cccc(-n4c5ccccc5c5c6ccccc6c6c7ccccc7oc6c54)c3)n2)cc1. The second-order valence-corrected chi connectivity index (χ2v) is 24.2. The van der Waals surface area contributed by atoms with Crippen LogP contribution in [0.3, 0.4) is 0 Å². The van der Waals surface area contributed by atoms with E-state index < -0.39 is 0 Å². The summed E-state index contributed by atoms with van der Waals surface area (Å²) in [4.78, 5) is 25.2. The fraction of sp³-hybridized carbons (Fsp3) is 0. The molecule has 0 aliphatic rings. The van der Waals surface area contributed by atoms with Crippen molar-refractivity contribution in [3.05, 3.63) is 322 Å². The van der Waals surface area contributed by atoms with Gasteiger partial charge in [-0.15, -0.1) is 0 Å². The summed E-state index contributed by atoms with van der Waals surface area (Å²) in [6.07, 6.45) is 0. The second-order valence-electron chi connectivity index (χ2n) is 24.2. The first-order valence-electron chi connectivity index (χ1n) is 32.2. The molecule has 0 aliphatic carbocycles. The lowest BCUT2D eigenvalue weighted by Gasteiger charge is -2.12. The summed E-state index contributed by atoms with van der Waals surface area (Å²) in [5.74, 6) is 2.57. The molecule has 0 saturated carbocycles. The number of fused-ring (bicyclic) bond motifs is 20. The zero-order valence-corrected chi connectivity index (χ0v) is 51.5. The highest BCUT2D eigenvalue weighted by atomic mass is 16.3. The minimum absolute atomic E-state index is 0.615. The van der Waals surface area contributed by atoms with Gasteiger partial charge in [0.2, 0.25) is 0 Å². The van der Waals surface area contributed by atoms with Gasteiger partial charge in [0.25, 0.3) is 0 Å². The molecule has 14 aromatic carbocycles. The minimum Gasteiger partial charge on any atom is -0.454 e. The van der Waals surface area contributed by atoms with Gasteiger partial charge in [-0.25, -0.2) is 24.9 Å². The van der Waals surface area contributed by atoms with Crippen LogP contribution in [0.5, 0.6) is 0 Å². The molecule has 0 fully saturated rings. The Bertz CT molecular complexity index is 5940. The van der Waals surface area contributed by atoms with Crippen molar-refractivity contribution >= 4 is 109 Å². The summed E-state index contributed by atoms with van der Waals surface area (Å²) in [5, 5.41) is 14.0. The first-order chi connectivity index (χ1) is 47.6. The van der Waals surface area contributed by atoms with Crippen LogP contribution >= 0.6 is 0 Å². The van der Waals surface area contributed by atoms with Crippen LogP contribution in [0.25, 0.3) is 188 Å². The van der Waals surface area contributed by atoms with Crippen molar-refractivity contribution < 1.29 is 8.83 Å². The maximum atomic E-state index is 6.76. The minimum atomic E-state index is 0.615. The highest BCUT2D eigenvalue weighted by Gasteiger charge is 2.26. The summed E-state index contributed by atoms with van der Waals surface area (Å²) in [7, 11) is 0. The molecule has 0 N–H and O–H groups in total. The highest BCUT2D eigenvalue weighted by Crippen LogP contribution is 2.48. The number of benzene rings is 14. The number of aromatic nitrogens is 7. The largest absolute Gasteiger partial charge is 0.454 e. The molecular formula is C87H53N7O2. The van der Waals surface area contributed by atoms with Crippen molar-refractivity contribution in [2.45, 2.75) is 0 Å². The molecule has 0 spiro atoms. The van der Waals surface area contributed by atoms with Crippen molar-refractivity contribution in [3.8, 4) is 79.4 Å². The van der Waals surface area contributed by atoms with Crippen LogP contribution < -0.4 is 0 Å². The first kappa shape index (κ1) is 54.6. The molecule has 96 heavy (non-hydrogen) atoms. The van der Waals surface area contributed by atoms with Crippen molar-refractivity contribution in [3.63, 3.8) is 0 Å². The monoisotopic (exact) mass is 1230 g/mol. The first-order valence-corrected chi connectivity index (χ1v) is 32.2. The predicted molar refractivity (Wildman–Crippen MR) is 393 cm³/mol. The third kappa shape index (κ3) is 8.90. The van der Waals surface area contributed by atoms with E-state index in [4.69, 9.17) is 33.8 Å². The van der Waals surface area contributed by atoms with E-state index in [1.54, 1.807) is 0 Å². The van der Waals surface area contributed by atoms with Gasteiger partial charge in [0, 0.05) is 87.8 Å². The Balaban J connectivity index is 0.000000135. The Kier molecular flexibility index (Phi) is 12.7. The van der Waals surface area contributed by atoms with E-state index in [0.29, 0.717) is 23.3 Å². The molecule has 9 heteroatoms. The quantitative estimate of drug-likeness (QED) is 0.149. The Morgan fingerprint density at radius 1 is 0.219 bits per heavy atom. The second kappa shape index (κ2) is 22.3. The number of furan rings is 2. The fourth-order valence-corrected chi connectivity index (χ4v) is 14.4. The average molecular weight is 1230 g/mol. The number of hydrogen-bond donors (Lipinski definition) is 0. The van der Waals surface area contributed by atoms with Crippen LogP contribution in [0.4, 0.5) is 0 Å². The van der Waals surface area contributed by atoms with Gasteiger partial charge < -0.3 is 18.0 Å². The highest BCUT2D eigenvalue weighted by molar-refractivity contribution is 6.36. The van der Waals surface area contributed by atoms with E-state index in [1.807, 2.05) is 109 Å². The number of rotatable bonds is 8. The summed E-state index contributed by atoms with van der Waals surface area (Å²) >= 11 is 0. The third-order valence-corrected chi connectivity index (χ3v) is 18.6. The molecule has 0 unspecified atom stereocenters. The van der Waals surface area contributed by atoms with Crippen LogP contribution in [0.15, 0.2) is 330 Å². The topological polar surface area (TPSA) is 101 Å². The molecular weight excluding hydrogens is 1180 g/mol. The van der Waals surface area contributed by atoms with Gasteiger partial charge in [0.15, 0.2) is 34.5 Å². The van der Waals surface area contributed by atoms with Crippen molar-refractivity contribution in [2.24, 2.45) is 0 Å². The van der Waals surface area contributed by atoms with Crippen LogP contribution in [-0.2, 0) is 0 Å². The lowest BCUT2D eigenvalue weighted by Crippen LogP contribution is -2.01. The van der Waals surface area contributed by atoms with Gasteiger partial charge in [-0.2, -0.15) is 0 Å². The van der Waals surface area contributed by atoms with Gasteiger partial charge in [-0.1, -0.05) is 267 Å². The van der Waals surface area contributed by atoms with Crippen LogP contribution in [0, 0.1) is 0 Å². The Morgan fingerprint density at radius 3 is 0.927 bits per heavy atom. The number of para-hydroxylation sites is 4. The van der Waals surface area contributed by atoms with Gasteiger partial charge in [-0.3, -0.25) is 0 Å². The summed E-state index contributed by atoms with van der Waals surface area (Å²) in [6.45, 7) is 0. The Hall–Kier alpha value is -13.1. The lowest BCUT2D eigenvalue weighted by atomic mass is 9.99. The Morgan fingerprint density at radius 2 is 0.521 bits per heavy atom. The molecule has 0 bridgehead atoms. The van der Waals surface area contributed by atoms with E-state index in [2.05, 4.69) is 221 Å². The van der Waals surface area contributed by atoms with E-state index in [9.17, 15) is 0 Å². The van der Waals surface area contributed by atoms with Gasteiger partial charge in [-0.05, 0) is 76.1 Å². The lowest BCUT2D eigenvalue weighted by molar-refractivity contribution is 0.671. The zero-order valence-electron chi connectivity index (χ0n) is 51.5. The van der Waals surface area contributed by atoms with E-state index in [0.717, 1.165) is 122 Å². The van der Waals surface area contributed by atoms with Crippen molar-refractivity contribution in [1.82, 2.24) is 34.1 Å². The predicted octanol–water partition coefficient (Wildman–Crippen LogP) is 22.6. The third-order valence-electron chi connectivity index (χ3n) is 18.6. The molecule has 6 aromatic heterocycles. The normalized spacial score (nSPS) is 11.8. The molecule has 9 nitrogen and oxygen atoms in total. The summed E-state index contributed by atoms with van der Waals surface area (Å²) in [6, 6.07) is 111. The van der Waals surface area contributed by atoms with E-state index in [1.165, 1.54) is 43.1 Å². The summed E-state index contributed by atoms with van der Waals surface area (Å²) < 4.78 is 18.2. The molecule has 0 radical (unpaired) electrons. The molecule has 0 aliphatic heterocycles. The van der Waals surface area contributed by atoms with Crippen molar-refractivity contribution in [2.75, 3.05) is 0 Å². The summed E-state index contributed by atoms with van der Waals surface area (Å²) in [5.41, 5.74) is 17.5. The molecule has 20 aromatic rings. The van der Waals surface area contributed by atoms with Crippen LogP contribution in [0.2, 0.25) is 0 Å². The molecule has 0 amide bonds. The van der Waals surface area contributed by atoms with Gasteiger partial charge in [0.05, 0.1) is 33.5 Å². The number of nitrogens with zero attached hydrogens (tertiary/aromatic N) is 7. The molecule has 448 valence electrons. The molecule has 20 rings (SSSR count). The molecule has 6 heterocycles. The zero-order chi connectivity index (χ0) is 63.2.